The van der Waals surface area contributed by atoms with Crippen LogP contribution < -0.4 is 0 Å². The minimum atomic E-state index is -1.41. The average Bonchev–Trinajstić information content (AvgIpc) is 2.61. The summed E-state index contributed by atoms with van der Waals surface area (Å²) in [6, 6.07) is 0. The molecule has 2 atom stereocenters. The van der Waals surface area contributed by atoms with Gasteiger partial charge in [0.1, 0.15) is 11.8 Å². The van der Waals surface area contributed by atoms with Gasteiger partial charge in [-0.2, -0.15) is 0 Å². The lowest BCUT2D eigenvalue weighted by molar-refractivity contribution is -0.389. The highest BCUT2D eigenvalue weighted by molar-refractivity contribution is 6.28. The summed E-state index contributed by atoms with van der Waals surface area (Å²) in [6.45, 7) is 1.43. The van der Waals surface area contributed by atoms with Crippen LogP contribution in [0.3, 0.4) is 0 Å². The molecule has 1 N–H and O–H groups in total. The molecule has 1 aromatic rings. The van der Waals surface area contributed by atoms with Gasteiger partial charge < -0.3 is 24.7 Å². The van der Waals surface area contributed by atoms with Gasteiger partial charge in [0.15, 0.2) is 6.23 Å². The molecule has 1 heterocycles. The molecule has 0 saturated heterocycles. The van der Waals surface area contributed by atoms with Gasteiger partial charge in [-0.25, -0.2) is 0 Å². The maximum absolute atomic E-state index is 10.6. The van der Waals surface area contributed by atoms with Crippen LogP contribution in [0.1, 0.15) is 13.2 Å². The summed E-state index contributed by atoms with van der Waals surface area (Å²) < 4.78 is 11.2. The summed E-state index contributed by atoms with van der Waals surface area (Å²) in [7, 11) is 2.76. The lowest BCUT2D eigenvalue weighted by atomic mass is 10.1. The second-order valence-corrected chi connectivity index (χ2v) is 4.25. The fourth-order valence-electron chi connectivity index (χ4n) is 1.64. The van der Waals surface area contributed by atoms with Crippen molar-refractivity contribution in [2.75, 3.05) is 20.8 Å². The number of halogens is 1. The Morgan fingerprint density at radius 2 is 2.33 bits per heavy atom. The van der Waals surface area contributed by atoms with Gasteiger partial charge in [0, 0.05) is 14.2 Å². The van der Waals surface area contributed by atoms with Crippen LogP contribution in [0.5, 0.6) is 0 Å². The van der Waals surface area contributed by atoms with Crippen LogP contribution in [0.15, 0.2) is 6.20 Å². The molecule has 0 aliphatic carbocycles. The molecule has 0 amide bonds. The molecule has 9 heteroatoms. The number of methoxy groups -OCH3 is 2. The minimum Gasteiger partial charge on any atom is -0.383 e. The standard InChI is InChI=1S/C9H14ClN3O5/c1-9(14,5-17-2)7(18-3)12-4-6(13(15)16)11-8(12)10/h4,7,14H,5H2,1-3H3. The largest absolute Gasteiger partial charge is 0.383 e. The van der Waals surface area contributed by atoms with E-state index in [1.54, 1.807) is 0 Å². The van der Waals surface area contributed by atoms with E-state index in [2.05, 4.69) is 4.98 Å². The first-order valence-corrected chi connectivity index (χ1v) is 5.34. The molecule has 1 aromatic heterocycles. The van der Waals surface area contributed by atoms with Crippen LogP contribution in [0.4, 0.5) is 5.82 Å². The molecule has 102 valence electrons. The SMILES string of the molecule is COCC(C)(O)C(OC)n1cc([N+](=O)[O-])nc1Cl. The highest BCUT2D eigenvalue weighted by Crippen LogP contribution is 2.29. The van der Waals surface area contributed by atoms with E-state index in [4.69, 9.17) is 21.1 Å². The molecule has 2 unspecified atom stereocenters. The van der Waals surface area contributed by atoms with Crippen molar-refractivity contribution in [1.29, 1.82) is 0 Å². The number of nitrogens with zero attached hydrogens (tertiary/aromatic N) is 3. The second kappa shape index (κ2) is 5.61. The van der Waals surface area contributed by atoms with Crippen LogP contribution in [-0.2, 0) is 9.47 Å². The van der Waals surface area contributed by atoms with E-state index in [0.717, 1.165) is 6.20 Å². The van der Waals surface area contributed by atoms with E-state index in [0.29, 0.717) is 0 Å². The molecule has 0 saturated carbocycles. The van der Waals surface area contributed by atoms with Crippen LogP contribution in [0, 0.1) is 10.1 Å². The Kier molecular flexibility index (Phi) is 4.63. The number of hydrogen-bond acceptors (Lipinski definition) is 6. The second-order valence-electron chi connectivity index (χ2n) is 3.91. The van der Waals surface area contributed by atoms with Gasteiger partial charge in [0.05, 0.1) is 6.61 Å². The zero-order valence-corrected chi connectivity index (χ0v) is 10.9. The smallest absolute Gasteiger partial charge is 0.383 e. The Labute approximate surface area is 108 Å². The van der Waals surface area contributed by atoms with Crippen LogP contribution in [0.25, 0.3) is 0 Å². The first-order chi connectivity index (χ1) is 8.33. The molecule has 0 fully saturated rings. The number of rotatable bonds is 6. The summed E-state index contributed by atoms with van der Waals surface area (Å²) in [5.74, 6) is -0.421. The molecule has 0 aromatic carbocycles. The zero-order chi connectivity index (χ0) is 13.9. The zero-order valence-electron chi connectivity index (χ0n) is 10.2. The fourth-order valence-corrected chi connectivity index (χ4v) is 1.87. The molecule has 1 rings (SSSR count). The first-order valence-electron chi connectivity index (χ1n) is 4.96. The van der Waals surface area contributed by atoms with Gasteiger partial charge in [-0.3, -0.25) is 4.57 Å². The molecular formula is C9H14ClN3O5. The van der Waals surface area contributed by atoms with E-state index in [1.165, 1.54) is 25.7 Å². The van der Waals surface area contributed by atoms with Crippen LogP contribution >= 0.6 is 11.6 Å². The first kappa shape index (κ1) is 14.8. The number of nitro groups is 1. The van der Waals surface area contributed by atoms with Crippen LogP contribution in [0.2, 0.25) is 5.28 Å². The summed E-state index contributed by atoms with van der Waals surface area (Å²) in [5, 5.41) is 20.6. The maximum Gasteiger partial charge on any atom is 0.383 e. The molecular weight excluding hydrogens is 266 g/mol. The Balaban J connectivity index is 3.12. The normalized spacial score (nSPS) is 16.3. The van der Waals surface area contributed by atoms with Crippen molar-refractivity contribution in [3.8, 4) is 0 Å². The van der Waals surface area contributed by atoms with Crippen molar-refractivity contribution < 1.29 is 19.5 Å². The number of hydrogen-bond donors (Lipinski definition) is 1. The van der Waals surface area contributed by atoms with Gasteiger partial charge in [-0.05, 0) is 28.4 Å². The summed E-state index contributed by atoms with van der Waals surface area (Å²) >= 11 is 5.78. The molecule has 0 radical (unpaired) electrons. The fraction of sp³-hybridized carbons (Fsp3) is 0.667. The lowest BCUT2D eigenvalue weighted by Gasteiger charge is -2.31. The highest BCUT2D eigenvalue weighted by Gasteiger charge is 2.37. The average molecular weight is 280 g/mol. The lowest BCUT2D eigenvalue weighted by Crippen LogP contribution is -2.41. The van der Waals surface area contributed by atoms with E-state index in [-0.39, 0.29) is 11.9 Å². The quantitative estimate of drug-likeness (QED) is 0.616. The topological polar surface area (TPSA) is 99.6 Å². The molecule has 0 aliphatic rings. The van der Waals surface area contributed by atoms with Gasteiger partial charge in [0.2, 0.25) is 0 Å². The van der Waals surface area contributed by atoms with E-state index < -0.39 is 22.6 Å². The Bertz CT molecular complexity index is 434. The molecule has 0 spiro atoms. The van der Waals surface area contributed by atoms with Gasteiger partial charge >= 0.3 is 11.1 Å². The summed E-state index contributed by atoms with van der Waals surface area (Å²) in [6.07, 6.45) is 0.145. The number of ether oxygens (including phenoxy) is 2. The monoisotopic (exact) mass is 279 g/mol. The minimum absolute atomic E-state index is 0.0339. The van der Waals surface area contributed by atoms with Crippen LogP contribution in [-0.4, -0.2) is 46.0 Å². The van der Waals surface area contributed by atoms with Gasteiger partial charge in [-0.15, -0.1) is 0 Å². The predicted molar refractivity (Wildman–Crippen MR) is 62.4 cm³/mol. The highest BCUT2D eigenvalue weighted by atomic mass is 35.5. The Morgan fingerprint density at radius 3 is 2.72 bits per heavy atom. The third kappa shape index (κ3) is 2.96. The molecule has 0 bridgehead atoms. The van der Waals surface area contributed by atoms with Crippen molar-refractivity contribution in [2.45, 2.75) is 18.8 Å². The van der Waals surface area contributed by atoms with E-state index in [9.17, 15) is 15.2 Å². The van der Waals surface area contributed by atoms with E-state index >= 15 is 0 Å². The van der Waals surface area contributed by atoms with Gasteiger partial charge in [-0.1, -0.05) is 0 Å². The molecule has 8 nitrogen and oxygen atoms in total. The third-order valence-corrected chi connectivity index (χ3v) is 2.59. The van der Waals surface area contributed by atoms with Crippen molar-refractivity contribution in [1.82, 2.24) is 9.55 Å². The van der Waals surface area contributed by atoms with E-state index in [1.807, 2.05) is 0 Å². The summed E-state index contributed by atoms with van der Waals surface area (Å²) in [4.78, 5) is 13.5. The number of aliphatic hydroxyl groups is 1. The van der Waals surface area contributed by atoms with Gasteiger partial charge in [0.25, 0.3) is 0 Å². The summed E-state index contributed by atoms with van der Waals surface area (Å²) in [5.41, 5.74) is -1.41. The third-order valence-electron chi connectivity index (χ3n) is 2.31. The Morgan fingerprint density at radius 1 is 1.72 bits per heavy atom. The maximum atomic E-state index is 10.6. The molecule has 0 aliphatic heterocycles. The van der Waals surface area contributed by atoms with Crippen molar-refractivity contribution >= 4 is 17.4 Å². The van der Waals surface area contributed by atoms with Crippen molar-refractivity contribution in [2.24, 2.45) is 0 Å². The predicted octanol–water partition coefficient (Wildman–Crippen LogP) is 0.987. The van der Waals surface area contributed by atoms with Crippen molar-refractivity contribution in [3.05, 3.63) is 21.6 Å². The van der Waals surface area contributed by atoms with Crippen molar-refractivity contribution in [3.63, 3.8) is 0 Å². The number of aromatic nitrogens is 2. The Hall–Kier alpha value is -1.22. The number of imidazole rings is 1. The molecule has 18 heavy (non-hydrogen) atoms.